The predicted molar refractivity (Wildman–Crippen MR) is 117 cm³/mol. The maximum Gasteiger partial charge on any atom is 0.252 e. The number of likely N-dealkylation sites (N-methyl/N-ethyl adjacent to an activating group) is 1. The Kier molecular flexibility index (Phi) is 5.54. The number of amides is 1. The fourth-order valence-corrected chi connectivity index (χ4v) is 5.55. The van der Waals surface area contributed by atoms with E-state index in [1.54, 1.807) is 12.1 Å². The minimum Gasteiger partial charge on any atom is -0.367 e. The second kappa shape index (κ2) is 8.34. The molecule has 0 spiro atoms. The first-order valence-corrected chi connectivity index (χ1v) is 11.2. The molecule has 5 rings (SSSR count). The van der Waals surface area contributed by atoms with Gasteiger partial charge in [0.1, 0.15) is 11.9 Å². The molecule has 31 heavy (non-hydrogen) atoms. The Morgan fingerprint density at radius 2 is 1.94 bits per heavy atom. The highest BCUT2D eigenvalue weighted by atomic mass is 19.1. The molecule has 3 heterocycles. The van der Waals surface area contributed by atoms with E-state index in [0.29, 0.717) is 31.7 Å². The van der Waals surface area contributed by atoms with Crippen molar-refractivity contribution in [1.82, 2.24) is 15.1 Å². The van der Waals surface area contributed by atoms with Crippen LogP contribution in [0, 0.1) is 5.82 Å². The number of rotatable bonds is 2. The van der Waals surface area contributed by atoms with Gasteiger partial charge in [0.05, 0.1) is 12.6 Å². The number of nitrogens with zero attached hydrogens (tertiary/aromatic N) is 2. The zero-order chi connectivity index (χ0) is 21.5. The number of nitrogens with one attached hydrogen (secondary N) is 1. The highest BCUT2D eigenvalue weighted by molar-refractivity contribution is 5.82. The molecule has 0 radical (unpaired) electrons. The van der Waals surface area contributed by atoms with E-state index in [1.165, 1.54) is 17.7 Å². The van der Waals surface area contributed by atoms with Gasteiger partial charge in [-0.15, -0.1) is 0 Å². The average molecular weight is 424 g/mol. The molecule has 2 aromatic carbocycles. The van der Waals surface area contributed by atoms with Crippen LogP contribution in [0.3, 0.4) is 0 Å². The molecule has 3 aliphatic rings. The third kappa shape index (κ3) is 3.88. The van der Waals surface area contributed by atoms with Crippen LogP contribution in [0.4, 0.5) is 4.39 Å². The summed E-state index contributed by atoms with van der Waals surface area (Å²) in [5.74, 6) is -0.237. The SMILES string of the molecule is C[C@@H]1CN(C)[C@H]2CO[C@@H](C(=O)N3CCc4ccccc4[C@@H]3c3ccc(F)cc3)C[C@@H]2N1. The monoisotopic (exact) mass is 423 g/mol. The molecule has 0 aromatic heterocycles. The number of hydrogen-bond acceptors (Lipinski definition) is 4. The Labute approximate surface area is 183 Å². The van der Waals surface area contributed by atoms with E-state index in [4.69, 9.17) is 4.74 Å². The predicted octanol–water partition coefficient (Wildman–Crippen LogP) is 2.75. The molecule has 5 nitrogen and oxygen atoms in total. The van der Waals surface area contributed by atoms with Crippen LogP contribution in [0.5, 0.6) is 0 Å². The molecule has 6 heteroatoms. The Bertz CT molecular complexity index is 950. The summed E-state index contributed by atoms with van der Waals surface area (Å²) in [7, 11) is 2.13. The molecular formula is C25H30FN3O2. The number of benzene rings is 2. The highest BCUT2D eigenvalue weighted by Gasteiger charge is 2.43. The minimum absolute atomic E-state index is 0.0324. The Morgan fingerprint density at radius 1 is 1.16 bits per heavy atom. The van der Waals surface area contributed by atoms with Gasteiger partial charge in [0.25, 0.3) is 5.91 Å². The van der Waals surface area contributed by atoms with Gasteiger partial charge in [0, 0.05) is 31.2 Å². The first-order valence-electron chi connectivity index (χ1n) is 11.2. The van der Waals surface area contributed by atoms with E-state index in [2.05, 4.69) is 36.3 Å². The summed E-state index contributed by atoms with van der Waals surface area (Å²) < 4.78 is 19.7. The van der Waals surface area contributed by atoms with Gasteiger partial charge in [-0.25, -0.2) is 4.39 Å². The molecule has 2 aromatic rings. The average Bonchev–Trinajstić information content (AvgIpc) is 2.78. The quantitative estimate of drug-likeness (QED) is 0.807. The summed E-state index contributed by atoms with van der Waals surface area (Å²) in [5.41, 5.74) is 3.29. The van der Waals surface area contributed by atoms with Crippen molar-refractivity contribution in [2.24, 2.45) is 0 Å². The zero-order valence-corrected chi connectivity index (χ0v) is 18.1. The summed E-state index contributed by atoms with van der Waals surface area (Å²) in [6.45, 7) is 4.36. The standard InChI is InChI=1S/C25H30FN3O2/c1-16-14-28(2)22-15-31-23(13-21(22)27-16)25(30)29-12-11-17-5-3-4-6-20(17)24(29)18-7-9-19(26)10-8-18/h3-10,16,21-24,27H,11-15H2,1-2H3/t16-,21+,22+,23-,24+/m1/s1. The number of carbonyl (C=O) groups is 1. The lowest BCUT2D eigenvalue weighted by molar-refractivity contribution is -0.154. The third-order valence-corrected chi connectivity index (χ3v) is 7.05. The molecule has 0 unspecified atom stereocenters. The smallest absolute Gasteiger partial charge is 0.252 e. The van der Waals surface area contributed by atoms with Crippen molar-refractivity contribution in [3.8, 4) is 0 Å². The second-order valence-corrected chi connectivity index (χ2v) is 9.17. The van der Waals surface area contributed by atoms with E-state index in [1.807, 2.05) is 17.0 Å². The fourth-order valence-electron chi connectivity index (χ4n) is 5.55. The van der Waals surface area contributed by atoms with Gasteiger partial charge in [-0.3, -0.25) is 9.69 Å². The van der Waals surface area contributed by atoms with Crippen LogP contribution >= 0.6 is 0 Å². The number of carbonyl (C=O) groups excluding carboxylic acids is 1. The topological polar surface area (TPSA) is 44.8 Å². The van der Waals surface area contributed by atoms with E-state index in [0.717, 1.165) is 24.1 Å². The van der Waals surface area contributed by atoms with E-state index >= 15 is 0 Å². The largest absolute Gasteiger partial charge is 0.367 e. The van der Waals surface area contributed by atoms with Crippen LogP contribution in [0.25, 0.3) is 0 Å². The molecule has 2 fully saturated rings. The number of halogens is 1. The number of hydrogen-bond donors (Lipinski definition) is 1. The van der Waals surface area contributed by atoms with Crippen molar-refractivity contribution < 1.29 is 13.9 Å². The summed E-state index contributed by atoms with van der Waals surface area (Å²) in [4.78, 5) is 18.0. The van der Waals surface area contributed by atoms with Crippen LogP contribution in [-0.4, -0.2) is 66.7 Å². The van der Waals surface area contributed by atoms with Crippen molar-refractivity contribution in [3.63, 3.8) is 0 Å². The zero-order valence-electron chi connectivity index (χ0n) is 18.1. The van der Waals surface area contributed by atoms with Gasteiger partial charge in [-0.05, 0) is 55.6 Å². The van der Waals surface area contributed by atoms with Gasteiger partial charge in [0.15, 0.2) is 0 Å². The molecule has 1 amide bonds. The normalized spacial score (nSPS) is 31.1. The summed E-state index contributed by atoms with van der Waals surface area (Å²) in [5, 5.41) is 3.67. The van der Waals surface area contributed by atoms with Gasteiger partial charge >= 0.3 is 0 Å². The fraction of sp³-hybridized carbons (Fsp3) is 0.480. The highest BCUT2D eigenvalue weighted by Crippen LogP contribution is 2.36. The number of fused-ring (bicyclic) bond motifs is 2. The van der Waals surface area contributed by atoms with Crippen LogP contribution in [0.15, 0.2) is 48.5 Å². The van der Waals surface area contributed by atoms with Crippen molar-refractivity contribution in [2.45, 2.75) is 50.0 Å². The van der Waals surface area contributed by atoms with E-state index < -0.39 is 6.10 Å². The molecular weight excluding hydrogens is 393 g/mol. The summed E-state index contributed by atoms with van der Waals surface area (Å²) in [6.07, 6.45) is 1.03. The lowest BCUT2D eigenvalue weighted by atomic mass is 9.87. The summed E-state index contributed by atoms with van der Waals surface area (Å²) in [6, 6.07) is 15.5. The van der Waals surface area contributed by atoms with Crippen molar-refractivity contribution in [2.75, 3.05) is 26.7 Å². The molecule has 5 atom stereocenters. The van der Waals surface area contributed by atoms with Crippen molar-refractivity contribution in [3.05, 3.63) is 71.0 Å². The van der Waals surface area contributed by atoms with Gasteiger partial charge in [-0.1, -0.05) is 36.4 Å². The molecule has 1 N–H and O–H groups in total. The molecule has 0 saturated carbocycles. The Hall–Kier alpha value is -2.28. The van der Waals surface area contributed by atoms with E-state index in [-0.39, 0.29) is 23.8 Å². The number of ether oxygens (including phenoxy) is 1. The Morgan fingerprint density at radius 3 is 2.74 bits per heavy atom. The van der Waals surface area contributed by atoms with Crippen LogP contribution in [0.1, 0.15) is 36.1 Å². The van der Waals surface area contributed by atoms with Gasteiger partial charge in [-0.2, -0.15) is 0 Å². The third-order valence-electron chi connectivity index (χ3n) is 7.05. The maximum atomic E-state index is 13.7. The summed E-state index contributed by atoms with van der Waals surface area (Å²) >= 11 is 0. The second-order valence-electron chi connectivity index (χ2n) is 9.17. The van der Waals surface area contributed by atoms with Crippen LogP contribution in [-0.2, 0) is 16.0 Å². The minimum atomic E-state index is -0.458. The molecule has 3 aliphatic heterocycles. The molecule has 0 bridgehead atoms. The molecule has 164 valence electrons. The lowest BCUT2D eigenvalue weighted by Crippen LogP contribution is -2.66. The van der Waals surface area contributed by atoms with Gasteiger partial charge in [0.2, 0.25) is 0 Å². The Balaban J connectivity index is 1.43. The first kappa shape index (κ1) is 20.6. The number of piperazine rings is 1. The van der Waals surface area contributed by atoms with Crippen molar-refractivity contribution in [1.29, 1.82) is 0 Å². The van der Waals surface area contributed by atoms with Crippen molar-refractivity contribution >= 4 is 5.91 Å². The van der Waals surface area contributed by atoms with E-state index in [9.17, 15) is 9.18 Å². The van der Waals surface area contributed by atoms with Crippen LogP contribution in [0.2, 0.25) is 0 Å². The first-order chi connectivity index (χ1) is 15.0. The maximum absolute atomic E-state index is 13.7. The molecule has 0 aliphatic carbocycles. The molecule has 2 saturated heterocycles. The van der Waals surface area contributed by atoms with Gasteiger partial charge < -0.3 is 15.0 Å². The van der Waals surface area contributed by atoms with Crippen LogP contribution < -0.4 is 5.32 Å². The lowest BCUT2D eigenvalue weighted by Gasteiger charge is -2.48.